The van der Waals surface area contributed by atoms with Crippen molar-refractivity contribution in [1.82, 2.24) is 14.7 Å². The summed E-state index contributed by atoms with van der Waals surface area (Å²) in [6.45, 7) is 2.80. The molecule has 4 rings (SSSR count). The molecular weight excluding hydrogens is 368 g/mol. The SMILES string of the molecule is CC1CN(C(=O)c2cc(C(N)=O)n(-c3ccccc3)n2)CC(c2ccccc2)O1. The number of carbonyl (C=O) groups excluding carboxylic acids is 2. The van der Waals surface area contributed by atoms with Crippen LogP contribution < -0.4 is 5.73 Å². The summed E-state index contributed by atoms with van der Waals surface area (Å²) in [5.74, 6) is -0.892. The fourth-order valence-corrected chi connectivity index (χ4v) is 3.56. The first-order chi connectivity index (χ1) is 14.0. The molecule has 2 unspecified atom stereocenters. The van der Waals surface area contributed by atoms with Crippen molar-refractivity contribution < 1.29 is 14.3 Å². The Morgan fingerprint density at radius 1 is 1.03 bits per heavy atom. The van der Waals surface area contributed by atoms with E-state index in [1.807, 2.05) is 55.5 Å². The van der Waals surface area contributed by atoms with Crippen molar-refractivity contribution in [2.24, 2.45) is 5.73 Å². The van der Waals surface area contributed by atoms with E-state index in [-0.39, 0.29) is 29.5 Å². The molecule has 0 spiro atoms. The number of para-hydroxylation sites is 1. The molecule has 148 valence electrons. The number of aromatic nitrogens is 2. The summed E-state index contributed by atoms with van der Waals surface area (Å²) < 4.78 is 7.44. The maximum absolute atomic E-state index is 13.2. The molecule has 2 heterocycles. The summed E-state index contributed by atoms with van der Waals surface area (Å²) in [4.78, 5) is 26.8. The van der Waals surface area contributed by atoms with Crippen LogP contribution >= 0.6 is 0 Å². The monoisotopic (exact) mass is 390 g/mol. The van der Waals surface area contributed by atoms with Gasteiger partial charge in [-0.25, -0.2) is 4.68 Å². The Balaban J connectivity index is 1.63. The third-order valence-corrected chi connectivity index (χ3v) is 4.90. The van der Waals surface area contributed by atoms with Gasteiger partial charge < -0.3 is 15.4 Å². The van der Waals surface area contributed by atoms with Crippen molar-refractivity contribution in [3.05, 3.63) is 83.7 Å². The highest BCUT2D eigenvalue weighted by Gasteiger charge is 2.31. The second-order valence-electron chi connectivity index (χ2n) is 7.08. The number of hydrogen-bond donors (Lipinski definition) is 1. The predicted molar refractivity (Wildman–Crippen MR) is 108 cm³/mol. The first kappa shape index (κ1) is 18.9. The topological polar surface area (TPSA) is 90.5 Å². The van der Waals surface area contributed by atoms with Crippen molar-refractivity contribution in [1.29, 1.82) is 0 Å². The Morgan fingerprint density at radius 3 is 2.34 bits per heavy atom. The lowest BCUT2D eigenvalue weighted by atomic mass is 10.1. The number of amides is 2. The van der Waals surface area contributed by atoms with Gasteiger partial charge in [-0.05, 0) is 24.6 Å². The molecule has 0 bridgehead atoms. The van der Waals surface area contributed by atoms with E-state index in [0.717, 1.165) is 5.56 Å². The molecule has 7 heteroatoms. The zero-order valence-electron chi connectivity index (χ0n) is 16.1. The highest BCUT2D eigenvalue weighted by atomic mass is 16.5. The molecule has 1 aliphatic heterocycles. The fraction of sp³-hybridized carbons (Fsp3) is 0.227. The average Bonchev–Trinajstić information content (AvgIpc) is 3.20. The third-order valence-electron chi connectivity index (χ3n) is 4.90. The van der Waals surface area contributed by atoms with E-state index in [0.29, 0.717) is 18.8 Å². The Bertz CT molecular complexity index is 1020. The van der Waals surface area contributed by atoms with Gasteiger partial charge >= 0.3 is 0 Å². The van der Waals surface area contributed by atoms with Crippen LogP contribution in [0.3, 0.4) is 0 Å². The lowest BCUT2D eigenvalue weighted by molar-refractivity contribution is -0.0693. The largest absolute Gasteiger partial charge is 0.367 e. The van der Waals surface area contributed by atoms with Crippen LogP contribution in [0.5, 0.6) is 0 Å². The molecule has 2 atom stereocenters. The van der Waals surface area contributed by atoms with Crippen molar-refractivity contribution in [2.75, 3.05) is 13.1 Å². The zero-order chi connectivity index (χ0) is 20.4. The standard InChI is InChI=1S/C22H22N4O3/c1-15-13-25(14-20(29-15)16-8-4-2-5-9-16)22(28)18-12-19(21(23)27)26(24-18)17-10-6-3-7-11-17/h2-12,15,20H,13-14H2,1H3,(H2,23,27). The van der Waals surface area contributed by atoms with E-state index in [9.17, 15) is 9.59 Å². The summed E-state index contributed by atoms with van der Waals surface area (Å²) in [7, 11) is 0. The molecule has 2 N–H and O–H groups in total. The van der Waals surface area contributed by atoms with Crippen LogP contribution in [-0.4, -0.2) is 45.7 Å². The molecule has 0 aliphatic carbocycles. The second-order valence-corrected chi connectivity index (χ2v) is 7.08. The van der Waals surface area contributed by atoms with Gasteiger partial charge in [0.05, 0.1) is 18.3 Å². The molecule has 0 saturated carbocycles. The summed E-state index contributed by atoms with van der Waals surface area (Å²) >= 11 is 0. The van der Waals surface area contributed by atoms with E-state index in [4.69, 9.17) is 10.5 Å². The van der Waals surface area contributed by atoms with E-state index in [1.54, 1.807) is 17.0 Å². The second kappa shape index (κ2) is 7.89. The minimum atomic E-state index is -0.641. The molecule has 2 aromatic carbocycles. The molecule has 1 aromatic heterocycles. The lowest BCUT2D eigenvalue weighted by Gasteiger charge is -2.36. The van der Waals surface area contributed by atoms with Crippen LogP contribution in [0, 0.1) is 0 Å². The minimum Gasteiger partial charge on any atom is -0.367 e. The van der Waals surface area contributed by atoms with Gasteiger partial charge in [0.15, 0.2) is 5.69 Å². The maximum Gasteiger partial charge on any atom is 0.274 e. The van der Waals surface area contributed by atoms with Crippen molar-refractivity contribution in [3.8, 4) is 5.69 Å². The molecule has 1 fully saturated rings. The Hall–Kier alpha value is -3.45. The van der Waals surface area contributed by atoms with Crippen LogP contribution in [0.4, 0.5) is 0 Å². The number of nitrogens with zero attached hydrogens (tertiary/aromatic N) is 3. The maximum atomic E-state index is 13.2. The number of ether oxygens (including phenoxy) is 1. The van der Waals surface area contributed by atoms with Gasteiger partial charge in [0.25, 0.3) is 11.8 Å². The minimum absolute atomic E-state index is 0.121. The zero-order valence-corrected chi connectivity index (χ0v) is 16.1. The molecule has 2 amide bonds. The highest BCUT2D eigenvalue weighted by molar-refractivity contribution is 5.97. The van der Waals surface area contributed by atoms with E-state index < -0.39 is 5.91 Å². The molecule has 29 heavy (non-hydrogen) atoms. The summed E-state index contributed by atoms with van der Waals surface area (Å²) in [5, 5.41) is 4.38. The normalized spacial score (nSPS) is 19.1. The van der Waals surface area contributed by atoms with Crippen molar-refractivity contribution >= 4 is 11.8 Å². The molecule has 3 aromatic rings. The van der Waals surface area contributed by atoms with Gasteiger partial charge in [0, 0.05) is 12.6 Å². The molecular formula is C22H22N4O3. The Kier molecular flexibility index (Phi) is 5.14. The number of nitrogens with two attached hydrogens (primary N) is 1. The number of morpholine rings is 1. The quantitative estimate of drug-likeness (QED) is 0.741. The van der Waals surface area contributed by atoms with Crippen molar-refractivity contribution in [3.63, 3.8) is 0 Å². The summed E-state index contributed by atoms with van der Waals surface area (Å²) in [6, 6.07) is 20.4. The third kappa shape index (κ3) is 3.90. The smallest absolute Gasteiger partial charge is 0.274 e. The average molecular weight is 390 g/mol. The first-order valence-electron chi connectivity index (χ1n) is 9.48. The van der Waals surface area contributed by atoms with Crippen molar-refractivity contribution in [2.45, 2.75) is 19.1 Å². The first-order valence-corrected chi connectivity index (χ1v) is 9.48. The number of benzene rings is 2. The number of carbonyl (C=O) groups is 2. The van der Waals surface area contributed by atoms with Gasteiger partial charge in [0.1, 0.15) is 11.8 Å². The van der Waals surface area contributed by atoms with Gasteiger partial charge in [0.2, 0.25) is 0 Å². The van der Waals surface area contributed by atoms with E-state index >= 15 is 0 Å². The molecule has 1 saturated heterocycles. The van der Waals surface area contributed by atoms with Gasteiger partial charge in [-0.3, -0.25) is 9.59 Å². The van der Waals surface area contributed by atoms with Gasteiger partial charge in [-0.1, -0.05) is 48.5 Å². The number of rotatable bonds is 4. The van der Waals surface area contributed by atoms with Crippen LogP contribution in [0.25, 0.3) is 5.69 Å². The van der Waals surface area contributed by atoms with E-state index in [2.05, 4.69) is 5.10 Å². The molecule has 7 nitrogen and oxygen atoms in total. The van der Waals surface area contributed by atoms with Crippen LogP contribution in [-0.2, 0) is 4.74 Å². The van der Waals surface area contributed by atoms with E-state index in [1.165, 1.54) is 10.7 Å². The Morgan fingerprint density at radius 2 is 1.69 bits per heavy atom. The summed E-state index contributed by atoms with van der Waals surface area (Å²) in [6.07, 6.45) is -0.333. The van der Waals surface area contributed by atoms with Gasteiger partial charge in [-0.15, -0.1) is 0 Å². The molecule has 0 radical (unpaired) electrons. The van der Waals surface area contributed by atoms with Gasteiger partial charge in [-0.2, -0.15) is 5.10 Å². The summed E-state index contributed by atoms with van der Waals surface area (Å²) in [5.41, 5.74) is 7.55. The van der Waals surface area contributed by atoms with Crippen LogP contribution in [0.1, 0.15) is 39.6 Å². The van der Waals surface area contributed by atoms with Crippen LogP contribution in [0.15, 0.2) is 66.7 Å². The Labute approximate surface area is 168 Å². The fourth-order valence-electron chi connectivity index (χ4n) is 3.56. The number of primary amides is 1. The lowest BCUT2D eigenvalue weighted by Crippen LogP contribution is -2.46. The number of hydrogen-bond acceptors (Lipinski definition) is 4. The predicted octanol–water partition coefficient (Wildman–Crippen LogP) is 2.57. The highest BCUT2D eigenvalue weighted by Crippen LogP contribution is 2.26. The van der Waals surface area contributed by atoms with Crippen LogP contribution in [0.2, 0.25) is 0 Å². The molecule has 1 aliphatic rings.